The maximum absolute atomic E-state index is 12.8. The van der Waals surface area contributed by atoms with Crippen LogP contribution in [0.3, 0.4) is 0 Å². The van der Waals surface area contributed by atoms with Crippen LogP contribution < -0.4 is 0 Å². The maximum atomic E-state index is 12.8. The molecule has 0 fully saturated rings. The number of aryl methyl sites for hydroxylation is 1. The molecule has 0 spiro atoms. The third-order valence-electron chi connectivity index (χ3n) is 3.38. The van der Waals surface area contributed by atoms with Gasteiger partial charge in [0.2, 0.25) is 0 Å². The summed E-state index contributed by atoms with van der Waals surface area (Å²) in [6, 6.07) is 1.45. The Morgan fingerprint density at radius 2 is 2.11 bits per heavy atom. The Balaban J connectivity index is 2.41. The van der Waals surface area contributed by atoms with E-state index >= 15 is 0 Å². The van der Waals surface area contributed by atoms with E-state index in [1.54, 1.807) is 7.11 Å². The minimum absolute atomic E-state index is 0.0519. The van der Waals surface area contributed by atoms with Gasteiger partial charge in [0, 0.05) is 16.9 Å². The van der Waals surface area contributed by atoms with Gasteiger partial charge in [0.15, 0.2) is 5.60 Å². The number of halogens is 3. The summed E-state index contributed by atoms with van der Waals surface area (Å²) in [4.78, 5) is 0.844. The van der Waals surface area contributed by atoms with Crippen LogP contribution in [-0.2, 0) is 16.8 Å². The van der Waals surface area contributed by atoms with Gasteiger partial charge in [-0.3, -0.25) is 0 Å². The fourth-order valence-electron chi connectivity index (χ4n) is 2.14. The molecule has 2 unspecified atom stereocenters. The van der Waals surface area contributed by atoms with Crippen molar-refractivity contribution in [3.05, 3.63) is 21.4 Å². The first-order valence-corrected chi connectivity index (χ1v) is 6.54. The monoisotopic (exact) mass is 280 g/mol. The molecule has 1 aromatic rings. The highest BCUT2D eigenvalue weighted by Crippen LogP contribution is 2.46. The van der Waals surface area contributed by atoms with Crippen molar-refractivity contribution in [3.63, 3.8) is 0 Å². The first kappa shape index (κ1) is 13.8. The standard InChI is InChI=1S/C12H15F3O2S/c1-11(16,12(13,14)15)10-6-7-8(17-2)4-3-5-9(7)18-10/h6,8,16H,3-5H2,1-2H3. The average Bonchev–Trinajstić information content (AvgIpc) is 2.71. The molecule has 1 aromatic heterocycles. The molecule has 0 radical (unpaired) electrons. The predicted octanol–water partition coefficient (Wildman–Crippen LogP) is 3.54. The van der Waals surface area contributed by atoms with Crippen molar-refractivity contribution in [1.82, 2.24) is 0 Å². The van der Waals surface area contributed by atoms with E-state index in [2.05, 4.69) is 0 Å². The van der Waals surface area contributed by atoms with Gasteiger partial charge >= 0.3 is 6.18 Å². The van der Waals surface area contributed by atoms with E-state index in [1.165, 1.54) is 6.07 Å². The molecule has 0 bridgehead atoms. The molecule has 2 atom stereocenters. The van der Waals surface area contributed by atoms with Crippen molar-refractivity contribution >= 4 is 11.3 Å². The highest BCUT2D eigenvalue weighted by Gasteiger charge is 2.52. The Morgan fingerprint density at radius 1 is 1.44 bits per heavy atom. The lowest BCUT2D eigenvalue weighted by atomic mass is 9.94. The van der Waals surface area contributed by atoms with E-state index in [0.717, 1.165) is 48.0 Å². The largest absolute Gasteiger partial charge is 0.421 e. The summed E-state index contributed by atoms with van der Waals surface area (Å²) in [6.45, 7) is 0.798. The van der Waals surface area contributed by atoms with Gasteiger partial charge in [0.25, 0.3) is 0 Å². The Kier molecular flexibility index (Phi) is 3.46. The fourth-order valence-corrected chi connectivity index (χ4v) is 3.46. The number of thiophene rings is 1. The first-order valence-electron chi connectivity index (χ1n) is 5.72. The van der Waals surface area contributed by atoms with Crippen LogP contribution in [0, 0.1) is 0 Å². The lowest BCUT2D eigenvalue weighted by Gasteiger charge is -2.24. The van der Waals surface area contributed by atoms with Gasteiger partial charge in [-0.1, -0.05) is 0 Å². The molecule has 1 aliphatic carbocycles. The molecule has 0 saturated heterocycles. The van der Waals surface area contributed by atoms with Gasteiger partial charge < -0.3 is 9.84 Å². The Bertz CT molecular complexity index is 437. The van der Waals surface area contributed by atoms with E-state index in [4.69, 9.17) is 4.74 Å². The Labute approximate surface area is 107 Å². The molecule has 102 valence electrons. The van der Waals surface area contributed by atoms with E-state index in [0.29, 0.717) is 0 Å². The molecule has 1 N–H and O–H groups in total. The minimum atomic E-state index is -4.66. The third kappa shape index (κ3) is 2.17. The zero-order chi connectivity index (χ0) is 13.6. The van der Waals surface area contributed by atoms with E-state index in [1.807, 2.05) is 0 Å². The molecule has 2 nitrogen and oxygen atoms in total. The molecule has 1 heterocycles. The number of rotatable bonds is 2. The molecule has 0 saturated carbocycles. The quantitative estimate of drug-likeness (QED) is 0.898. The Hall–Kier alpha value is -0.590. The number of hydrogen-bond donors (Lipinski definition) is 1. The van der Waals surface area contributed by atoms with Gasteiger partial charge in [0.1, 0.15) is 0 Å². The van der Waals surface area contributed by atoms with Crippen LogP contribution >= 0.6 is 11.3 Å². The number of ether oxygens (including phenoxy) is 1. The van der Waals surface area contributed by atoms with Crippen molar-refractivity contribution in [2.24, 2.45) is 0 Å². The minimum Gasteiger partial charge on any atom is -0.377 e. The van der Waals surface area contributed by atoms with Crippen LogP contribution in [0.5, 0.6) is 0 Å². The van der Waals surface area contributed by atoms with Crippen LogP contribution in [0.25, 0.3) is 0 Å². The number of aliphatic hydroxyl groups is 1. The number of methoxy groups -OCH3 is 1. The Morgan fingerprint density at radius 3 is 2.67 bits per heavy atom. The van der Waals surface area contributed by atoms with Crippen molar-refractivity contribution in [2.75, 3.05) is 7.11 Å². The van der Waals surface area contributed by atoms with E-state index < -0.39 is 11.8 Å². The summed E-state index contributed by atoms with van der Waals surface area (Å²) < 4.78 is 43.6. The van der Waals surface area contributed by atoms with Gasteiger partial charge in [-0.05, 0) is 37.8 Å². The third-order valence-corrected chi connectivity index (χ3v) is 4.80. The summed E-state index contributed by atoms with van der Waals surface area (Å²) in [5, 5.41) is 9.68. The van der Waals surface area contributed by atoms with Gasteiger partial charge in [-0.2, -0.15) is 13.2 Å². The smallest absolute Gasteiger partial charge is 0.377 e. The van der Waals surface area contributed by atoms with Gasteiger partial charge in [0.05, 0.1) is 6.10 Å². The second-order valence-corrected chi connectivity index (χ2v) is 5.81. The van der Waals surface area contributed by atoms with Crippen LogP contribution in [-0.4, -0.2) is 18.4 Å². The lowest BCUT2D eigenvalue weighted by molar-refractivity contribution is -0.257. The molecule has 2 rings (SSSR count). The van der Waals surface area contributed by atoms with Crippen LogP contribution in [0.4, 0.5) is 13.2 Å². The van der Waals surface area contributed by atoms with E-state index in [-0.39, 0.29) is 11.0 Å². The van der Waals surface area contributed by atoms with Crippen LogP contribution in [0.1, 0.15) is 41.2 Å². The fraction of sp³-hybridized carbons (Fsp3) is 0.667. The number of hydrogen-bond acceptors (Lipinski definition) is 3. The summed E-state index contributed by atoms with van der Waals surface area (Å²) >= 11 is 1.04. The van der Waals surface area contributed by atoms with Crippen molar-refractivity contribution in [3.8, 4) is 0 Å². The molecule has 18 heavy (non-hydrogen) atoms. The molecule has 0 aliphatic heterocycles. The number of alkyl halides is 3. The van der Waals surface area contributed by atoms with Gasteiger partial charge in [-0.15, -0.1) is 11.3 Å². The zero-order valence-corrected chi connectivity index (χ0v) is 11.0. The SMILES string of the molecule is COC1CCCc2sc(C(C)(O)C(F)(F)F)cc21. The van der Waals surface area contributed by atoms with Gasteiger partial charge in [-0.25, -0.2) is 0 Å². The molecule has 0 aromatic carbocycles. The van der Waals surface area contributed by atoms with E-state index in [9.17, 15) is 18.3 Å². The summed E-state index contributed by atoms with van der Waals surface area (Å²) in [7, 11) is 1.55. The average molecular weight is 280 g/mol. The highest BCUT2D eigenvalue weighted by molar-refractivity contribution is 7.12. The number of fused-ring (bicyclic) bond motifs is 1. The second kappa shape index (κ2) is 4.51. The summed E-state index contributed by atoms with van der Waals surface area (Å²) in [5.74, 6) is 0. The van der Waals surface area contributed by atoms with Crippen molar-refractivity contribution < 1.29 is 23.0 Å². The maximum Gasteiger partial charge on any atom is 0.421 e. The highest BCUT2D eigenvalue weighted by atomic mass is 32.1. The van der Waals surface area contributed by atoms with Crippen LogP contribution in [0.2, 0.25) is 0 Å². The molecule has 0 amide bonds. The normalized spacial score (nSPS) is 23.6. The predicted molar refractivity (Wildman–Crippen MR) is 62.6 cm³/mol. The topological polar surface area (TPSA) is 29.5 Å². The summed E-state index contributed by atoms with van der Waals surface area (Å²) in [6.07, 6.45) is -2.34. The molecule has 1 aliphatic rings. The molecule has 6 heteroatoms. The molecular weight excluding hydrogens is 265 g/mol. The first-order chi connectivity index (χ1) is 8.27. The second-order valence-electron chi connectivity index (χ2n) is 4.68. The van der Waals surface area contributed by atoms with Crippen molar-refractivity contribution in [1.29, 1.82) is 0 Å². The zero-order valence-electron chi connectivity index (χ0n) is 10.2. The lowest BCUT2D eigenvalue weighted by Crippen LogP contribution is -2.38. The summed E-state index contributed by atoms with van der Waals surface area (Å²) in [5.41, 5.74) is -1.99. The van der Waals surface area contributed by atoms with Crippen molar-refractivity contribution in [2.45, 2.75) is 44.1 Å². The molecular formula is C12H15F3O2S. The van der Waals surface area contributed by atoms with Crippen LogP contribution in [0.15, 0.2) is 6.07 Å².